The fourth-order valence-electron chi connectivity index (χ4n) is 3.08. The van der Waals surface area contributed by atoms with E-state index in [1.165, 1.54) is 0 Å². The van der Waals surface area contributed by atoms with Crippen LogP contribution in [0, 0.1) is 5.92 Å². The summed E-state index contributed by atoms with van der Waals surface area (Å²) in [4.78, 5) is 26.0. The van der Waals surface area contributed by atoms with Crippen molar-refractivity contribution < 1.29 is 14.3 Å². The molecule has 5 nitrogen and oxygen atoms in total. The lowest BCUT2D eigenvalue weighted by Crippen LogP contribution is -2.67. The molecule has 2 atom stereocenters. The molecular formula is C13H20N2O3. The van der Waals surface area contributed by atoms with Gasteiger partial charge in [0.2, 0.25) is 11.8 Å². The first-order chi connectivity index (χ1) is 8.59. The highest BCUT2D eigenvalue weighted by molar-refractivity contribution is 5.98. The molecule has 5 heteroatoms. The Balaban J connectivity index is 1.72. The van der Waals surface area contributed by atoms with Crippen LogP contribution in [0.15, 0.2) is 0 Å². The van der Waals surface area contributed by atoms with Gasteiger partial charge in [0.1, 0.15) is 5.54 Å². The average molecular weight is 252 g/mol. The number of amides is 2. The molecule has 3 rings (SSSR count). The first kappa shape index (κ1) is 12.0. The zero-order chi connectivity index (χ0) is 12.8. The zero-order valence-electron chi connectivity index (χ0n) is 10.8. The molecule has 2 heterocycles. The topological polar surface area (TPSA) is 58.6 Å². The van der Waals surface area contributed by atoms with Gasteiger partial charge in [-0.15, -0.1) is 0 Å². The van der Waals surface area contributed by atoms with Crippen molar-refractivity contribution in [1.29, 1.82) is 0 Å². The van der Waals surface area contributed by atoms with Gasteiger partial charge in [0.25, 0.3) is 0 Å². The molecule has 100 valence electrons. The Morgan fingerprint density at radius 3 is 2.78 bits per heavy atom. The number of carbonyl (C=O) groups excluding carboxylic acids is 2. The number of ether oxygens (including phenoxy) is 1. The molecular weight excluding hydrogens is 232 g/mol. The first-order valence-electron chi connectivity index (χ1n) is 6.81. The minimum atomic E-state index is -0.673. The van der Waals surface area contributed by atoms with Crippen LogP contribution < -0.4 is 5.32 Å². The van der Waals surface area contributed by atoms with Crippen LogP contribution in [0.5, 0.6) is 0 Å². The Labute approximate surface area is 107 Å². The fourth-order valence-corrected chi connectivity index (χ4v) is 3.08. The molecule has 0 radical (unpaired) electrons. The molecule has 1 aliphatic carbocycles. The summed E-state index contributed by atoms with van der Waals surface area (Å²) in [6.45, 7) is 3.39. The summed E-state index contributed by atoms with van der Waals surface area (Å²) in [6.07, 6.45) is 4.24. The Morgan fingerprint density at radius 1 is 1.39 bits per heavy atom. The van der Waals surface area contributed by atoms with Gasteiger partial charge in [-0.05, 0) is 38.5 Å². The van der Waals surface area contributed by atoms with Crippen LogP contribution in [0.25, 0.3) is 0 Å². The molecule has 0 spiro atoms. The second kappa shape index (κ2) is 4.23. The maximum atomic E-state index is 12.5. The largest absolute Gasteiger partial charge is 0.376 e. The summed E-state index contributed by atoms with van der Waals surface area (Å²) < 4.78 is 5.56. The molecule has 0 bridgehead atoms. The maximum absolute atomic E-state index is 12.5. The lowest BCUT2D eigenvalue weighted by Gasteiger charge is -2.40. The van der Waals surface area contributed by atoms with Crippen LogP contribution in [0.1, 0.15) is 32.6 Å². The van der Waals surface area contributed by atoms with Crippen molar-refractivity contribution >= 4 is 11.8 Å². The van der Waals surface area contributed by atoms with Gasteiger partial charge in [-0.2, -0.15) is 0 Å². The molecule has 0 aromatic rings. The summed E-state index contributed by atoms with van der Waals surface area (Å²) in [5.74, 6) is 0.350. The smallest absolute Gasteiger partial charge is 0.248 e. The zero-order valence-corrected chi connectivity index (χ0v) is 10.8. The monoisotopic (exact) mass is 252 g/mol. The Morgan fingerprint density at radius 2 is 2.17 bits per heavy atom. The standard InChI is InChI=1S/C13H20N2O3/c1-13(9-4-5-9)12(17)15(8-11(16)14-13)7-10-3-2-6-18-10/h9-10H,2-8H2,1H3,(H,14,16). The first-order valence-corrected chi connectivity index (χ1v) is 6.81. The van der Waals surface area contributed by atoms with Gasteiger partial charge >= 0.3 is 0 Å². The molecule has 2 amide bonds. The van der Waals surface area contributed by atoms with Crippen molar-refractivity contribution in [3.05, 3.63) is 0 Å². The van der Waals surface area contributed by atoms with E-state index in [1.807, 2.05) is 6.92 Å². The third-order valence-corrected chi connectivity index (χ3v) is 4.31. The summed E-state index contributed by atoms with van der Waals surface area (Å²) in [7, 11) is 0. The van der Waals surface area contributed by atoms with E-state index in [-0.39, 0.29) is 24.5 Å². The average Bonchev–Trinajstić information content (AvgIpc) is 3.06. The third-order valence-electron chi connectivity index (χ3n) is 4.31. The number of rotatable bonds is 3. The highest BCUT2D eigenvalue weighted by Crippen LogP contribution is 2.41. The molecule has 0 aromatic carbocycles. The lowest BCUT2D eigenvalue weighted by molar-refractivity contribution is -0.151. The molecule has 18 heavy (non-hydrogen) atoms. The van der Waals surface area contributed by atoms with E-state index in [1.54, 1.807) is 4.90 Å². The van der Waals surface area contributed by atoms with E-state index in [2.05, 4.69) is 5.32 Å². The minimum absolute atomic E-state index is 0.0398. The fraction of sp³-hybridized carbons (Fsp3) is 0.846. The van der Waals surface area contributed by atoms with E-state index in [9.17, 15) is 9.59 Å². The minimum Gasteiger partial charge on any atom is -0.376 e. The summed E-state index contributed by atoms with van der Waals surface area (Å²) in [6, 6.07) is 0. The van der Waals surface area contributed by atoms with Crippen molar-refractivity contribution in [2.24, 2.45) is 5.92 Å². The second-order valence-corrected chi connectivity index (χ2v) is 5.85. The van der Waals surface area contributed by atoms with Gasteiger partial charge in [-0.3, -0.25) is 9.59 Å². The summed E-state index contributed by atoms with van der Waals surface area (Å²) >= 11 is 0. The van der Waals surface area contributed by atoms with Crippen LogP contribution in [-0.4, -0.2) is 48.1 Å². The highest BCUT2D eigenvalue weighted by Gasteiger charge is 2.52. The number of nitrogens with one attached hydrogen (secondary N) is 1. The van der Waals surface area contributed by atoms with Gasteiger partial charge in [0.15, 0.2) is 0 Å². The molecule has 0 aromatic heterocycles. The highest BCUT2D eigenvalue weighted by atomic mass is 16.5. The third kappa shape index (κ3) is 2.00. The molecule has 3 fully saturated rings. The molecule has 1 N–H and O–H groups in total. The van der Waals surface area contributed by atoms with Gasteiger partial charge in [-0.25, -0.2) is 0 Å². The Bertz CT molecular complexity index is 374. The van der Waals surface area contributed by atoms with Crippen molar-refractivity contribution in [2.75, 3.05) is 19.7 Å². The van der Waals surface area contributed by atoms with E-state index >= 15 is 0 Å². The number of hydrogen-bond acceptors (Lipinski definition) is 3. The number of nitrogens with zero attached hydrogens (tertiary/aromatic N) is 1. The Hall–Kier alpha value is -1.10. The van der Waals surface area contributed by atoms with Crippen LogP contribution in [0.4, 0.5) is 0 Å². The number of piperazine rings is 1. The molecule has 3 aliphatic rings. The molecule has 2 unspecified atom stereocenters. The predicted octanol–water partition coefficient (Wildman–Crippen LogP) is 0.292. The van der Waals surface area contributed by atoms with Gasteiger partial charge in [-0.1, -0.05) is 0 Å². The lowest BCUT2D eigenvalue weighted by atomic mass is 9.91. The molecule has 1 saturated carbocycles. The quantitative estimate of drug-likeness (QED) is 0.785. The summed E-state index contributed by atoms with van der Waals surface area (Å²) in [5, 5.41) is 2.89. The van der Waals surface area contributed by atoms with Crippen molar-refractivity contribution in [2.45, 2.75) is 44.2 Å². The SMILES string of the molecule is CC1(C2CC2)NC(=O)CN(CC2CCCO2)C1=O. The van der Waals surface area contributed by atoms with Crippen LogP contribution in [0.2, 0.25) is 0 Å². The van der Waals surface area contributed by atoms with Crippen molar-refractivity contribution in [3.63, 3.8) is 0 Å². The van der Waals surface area contributed by atoms with E-state index < -0.39 is 5.54 Å². The summed E-state index contributed by atoms with van der Waals surface area (Å²) in [5.41, 5.74) is -0.673. The maximum Gasteiger partial charge on any atom is 0.248 e. The van der Waals surface area contributed by atoms with Gasteiger partial charge in [0.05, 0.1) is 12.6 Å². The Kier molecular flexibility index (Phi) is 2.81. The van der Waals surface area contributed by atoms with Gasteiger partial charge in [0, 0.05) is 13.2 Å². The molecule has 2 aliphatic heterocycles. The van der Waals surface area contributed by atoms with Crippen molar-refractivity contribution in [1.82, 2.24) is 10.2 Å². The van der Waals surface area contributed by atoms with Crippen molar-refractivity contribution in [3.8, 4) is 0 Å². The van der Waals surface area contributed by atoms with E-state index in [4.69, 9.17) is 4.74 Å². The van der Waals surface area contributed by atoms with Crippen LogP contribution in [0.3, 0.4) is 0 Å². The predicted molar refractivity (Wildman–Crippen MR) is 64.8 cm³/mol. The number of carbonyl (C=O) groups is 2. The molecule has 2 saturated heterocycles. The second-order valence-electron chi connectivity index (χ2n) is 5.85. The van der Waals surface area contributed by atoms with Crippen LogP contribution >= 0.6 is 0 Å². The van der Waals surface area contributed by atoms with E-state index in [0.29, 0.717) is 12.5 Å². The van der Waals surface area contributed by atoms with E-state index in [0.717, 1.165) is 32.3 Å². The van der Waals surface area contributed by atoms with Gasteiger partial charge < -0.3 is 15.0 Å². The number of hydrogen-bond donors (Lipinski definition) is 1. The normalized spacial score (nSPS) is 36.9. The van der Waals surface area contributed by atoms with Crippen LogP contribution in [-0.2, 0) is 14.3 Å².